The number of carbonyl (C=O) groups excluding carboxylic acids is 1. The molecular formula is C15H18N4O3. The van der Waals surface area contributed by atoms with Crippen molar-refractivity contribution in [2.24, 2.45) is 0 Å². The fourth-order valence-corrected chi connectivity index (χ4v) is 2.23. The van der Waals surface area contributed by atoms with E-state index in [0.29, 0.717) is 38.5 Å². The maximum Gasteiger partial charge on any atom is 0.410 e. The molecule has 22 heavy (non-hydrogen) atoms. The van der Waals surface area contributed by atoms with Crippen LogP contribution in [-0.2, 0) is 22.6 Å². The summed E-state index contributed by atoms with van der Waals surface area (Å²) in [5.41, 5.74) is 1.78. The van der Waals surface area contributed by atoms with E-state index in [1.54, 1.807) is 15.8 Å². The molecule has 1 aliphatic heterocycles. The average Bonchev–Trinajstić information content (AvgIpc) is 3.02. The zero-order valence-electron chi connectivity index (χ0n) is 12.2. The Hall–Kier alpha value is -2.41. The molecule has 3 rings (SSSR count). The number of hydrogen-bond donors (Lipinski definition) is 0. The second kappa shape index (κ2) is 7.04. The number of hydrogen-bond acceptors (Lipinski definition) is 5. The smallest absolute Gasteiger partial charge is 0.410 e. The van der Waals surface area contributed by atoms with Crippen LogP contribution in [0.3, 0.4) is 0 Å². The number of morpholine rings is 1. The van der Waals surface area contributed by atoms with Gasteiger partial charge in [0.1, 0.15) is 12.3 Å². The zero-order valence-corrected chi connectivity index (χ0v) is 12.2. The molecular weight excluding hydrogens is 284 g/mol. The second-order valence-electron chi connectivity index (χ2n) is 5.05. The van der Waals surface area contributed by atoms with Gasteiger partial charge < -0.3 is 14.4 Å². The quantitative estimate of drug-likeness (QED) is 0.851. The van der Waals surface area contributed by atoms with Crippen molar-refractivity contribution in [3.63, 3.8) is 0 Å². The Balaban J connectivity index is 1.50. The molecule has 1 aromatic carbocycles. The van der Waals surface area contributed by atoms with Crippen LogP contribution >= 0.6 is 0 Å². The number of benzene rings is 1. The summed E-state index contributed by atoms with van der Waals surface area (Å²) in [7, 11) is 0. The molecule has 116 valence electrons. The highest BCUT2D eigenvalue weighted by molar-refractivity contribution is 5.67. The van der Waals surface area contributed by atoms with Crippen LogP contribution < -0.4 is 0 Å². The minimum absolute atomic E-state index is 0.130. The summed E-state index contributed by atoms with van der Waals surface area (Å²) in [6.07, 6.45) is 1.46. The Morgan fingerprint density at radius 1 is 1.23 bits per heavy atom. The van der Waals surface area contributed by atoms with Crippen molar-refractivity contribution in [3.05, 3.63) is 47.8 Å². The van der Waals surface area contributed by atoms with Crippen LogP contribution in [0.25, 0.3) is 0 Å². The van der Waals surface area contributed by atoms with Gasteiger partial charge >= 0.3 is 6.09 Å². The van der Waals surface area contributed by atoms with E-state index in [1.807, 2.05) is 30.3 Å². The zero-order chi connectivity index (χ0) is 15.2. The number of ether oxygens (including phenoxy) is 2. The summed E-state index contributed by atoms with van der Waals surface area (Å²) >= 11 is 0. The van der Waals surface area contributed by atoms with Gasteiger partial charge in [0, 0.05) is 13.1 Å². The predicted molar refractivity (Wildman–Crippen MR) is 78.1 cm³/mol. The van der Waals surface area contributed by atoms with Crippen LogP contribution in [0.1, 0.15) is 11.3 Å². The van der Waals surface area contributed by atoms with Gasteiger partial charge in [-0.3, -0.25) is 0 Å². The first kappa shape index (κ1) is 14.5. The first-order chi connectivity index (χ1) is 10.8. The Kier molecular flexibility index (Phi) is 4.65. The number of carbonyl (C=O) groups is 1. The number of nitrogens with zero attached hydrogens (tertiary/aromatic N) is 4. The van der Waals surface area contributed by atoms with Crippen molar-refractivity contribution in [1.29, 1.82) is 0 Å². The Bertz CT molecular complexity index is 608. The second-order valence-corrected chi connectivity index (χ2v) is 5.05. The largest absolute Gasteiger partial charge is 0.443 e. The van der Waals surface area contributed by atoms with E-state index in [0.717, 1.165) is 5.56 Å². The number of rotatable bonds is 4. The van der Waals surface area contributed by atoms with Gasteiger partial charge in [0.15, 0.2) is 0 Å². The molecule has 2 aromatic rings. The third kappa shape index (κ3) is 3.82. The lowest BCUT2D eigenvalue weighted by molar-refractivity contribution is 0.0246. The van der Waals surface area contributed by atoms with Crippen LogP contribution in [0.5, 0.6) is 0 Å². The highest BCUT2D eigenvalue weighted by Crippen LogP contribution is 2.05. The van der Waals surface area contributed by atoms with E-state index in [9.17, 15) is 4.79 Å². The Morgan fingerprint density at radius 3 is 2.77 bits per heavy atom. The van der Waals surface area contributed by atoms with Gasteiger partial charge in [-0.05, 0) is 5.56 Å². The van der Waals surface area contributed by atoms with Crippen molar-refractivity contribution >= 4 is 6.09 Å². The van der Waals surface area contributed by atoms with Crippen molar-refractivity contribution < 1.29 is 14.3 Å². The van der Waals surface area contributed by atoms with Crippen molar-refractivity contribution in [1.82, 2.24) is 19.9 Å². The molecule has 1 aliphatic rings. The van der Waals surface area contributed by atoms with Gasteiger partial charge in [0.05, 0.1) is 26.0 Å². The predicted octanol–water partition coefficient (Wildman–Crippen LogP) is 1.30. The Morgan fingerprint density at radius 2 is 2.00 bits per heavy atom. The Labute approximate surface area is 128 Å². The molecule has 0 bridgehead atoms. The first-order valence-corrected chi connectivity index (χ1v) is 7.23. The number of amides is 1. The van der Waals surface area contributed by atoms with E-state index in [4.69, 9.17) is 9.47 Å². The summed E-state index contributed by atoms with van der Waals surface area (Å²) in [6.45, 7) is 3.03. The highest BCUT2D eigenvalue weighted by atomic mass is 16.6. The standard InChI is InChI=1S/C15H18N4O3/c20-15(18-6-8-21-9-7-18)22-12-14-11-19(17-16-14)10-13-4-2-1-3-5-13/h1-5,11H,6-10,12H2. The van der Waals surface area contributed by atoms with E-state index >= 15 is 0 Å². The van der Waals surface area contributed by atoms with Crippen LogP contribution in [0.4, 0.5) is 4.79 Å². The molecule has 0 unspecified atom stereocenters. The number of aromatic nitrogens is 3. The summed E-state index contributed by atoms with van der Waals surface area (Å²) in [6, 6.07) is 10.00. The third-order valence-corrected chi connectivity index (χ3v) is 3.39. The molecule has 7 heteroatoms. The maximum atomic E-state index is 11.9. The normalized spacial score (nSPS) is 14.8. The molecule has 2 heterocycles. The van der Waals surface area contributed by atoms with Crippen LogP contribution in [0.15, 0.2) is 36.5 Å². The molecule has 0 saturated carbocycles. The van der Waals surface area contributed by atoms with Gasteiger partial charge in [-0.25, -0.2) is 9.48 Å². The molecule has 1 saturated heterocycles. The van der Waals surface area contributed by atoms with E-state index in [2.05, 4.69) is 10.3 Å². The summed E-state index contributed by atoms with van der Waals surface area (Å²) < 4.78 is 12.2. The van der Waals surface area contributed by atoms with Crippen molar-refractivity contribution in [2.75, 3.05) is 26.3 Å². The van der Waals surface area contributed by atoms with Gasteiger partial charge in [-0.2, -0.15) is 0 Å². The molecule has 7 nitrogen and oxygen atoms in total. The summed E-state index contributed by atoms with van der Waals surface area (Å²) in [5, 5.41) is 8.07. The molecule has 0 atom stereocenters. The lowest BCUT2D eigenvalue weighted by Crippen LogP contribution is -2.40. The molecule has 0 radical (unpaired) electrons. The summed E-state index contributed by atoms with van der Waals surface area (Å²) in [4.78, 5) is 13.5. The average molecular weight is 302 g/mol. The fourth-order valence-electron chi connectivity index (χ4n) is 2.23. The molecule has 1 aromatic heterocycles. The SMILES string of the molecule is O=C(OCc1cn(Cc2ccccc2)nn1)N1CCOCC1. The molecule has 1 amide bonds. The monoisotopic (exact) mass is 302 g/mol. The minimum atomic E-state index is -0.332. The topological polar surface area (TPSA) is 69.5 Å². The third-order valence-electron chi connectivity index (χ3n) is 3.39. The van der Waals surface area contributed by atoms with Gasteiger partial charge in [-0.1, -0.05) is 35.5 Å². The lowest BCUT2D eigenvalue weighted by Gasteiger charge is -2.25. The first-order valence-electron chi connectivity index (χ1n) is 7.23. The van der Waals surface area contributed by atoms with Crippen LogP contribution in [0.2, 0.25) is 0 Å². The van der Waals surface area contributed by atoms with Gasteiger partial charge in [-0.15, -0.1) is 5.10 Å². The van der Waals surface area contributed by atoms with Crippen molar-refractivity contribution in [3.8, 4) is 0 Å². The molecule has 0 N–H and O–H groups in total. The van der Waals surface area contributed by atoms with Gasteiger partial charge in [0.25, 0.3) is 0 Å². The van der Waals surface area contributed by atoms with E-state index in [-0.39, 0.29) is 12.7 Å². The molecule has 0 spiro atoms. The highest BCUT2D eigenvalue weighted by Gasteiger charge is 2.18. The molecule has 0 aliphatic carbocycles. The van der Waals surface area contributed by atoms with E-state index < -0.39 is 0 Å². The summed E-state index contributed by atoms with van der Waals surface area (Å²) in [5.74, 6) is 0. The van der Waals surface area contributed by atoms with Crippen molar-refractivity contribution in [2.45, 2.75) is 13.2 Å². The fraction of sp³-hybridized carbons (Fsp3) is 0.400. The van der Waals surface area contributed by atoms with Gasteiger partial charge in [0.2, 0.25) is 0 Å². The lowest BCUT2D eigenvalue weighted by atomic mass is 10.2. The van der Waals surface area contributed by atoms with E-state index in [1.165, 1.54) is 0 Å². The minimum Gasteiger partial charge on any atom is -0.443 e. The van der Waals surface area contributed by atoms with Crippen LogP contribution in [0, 0.1) is 0 Å². The van der Waals surface area contributed by atoms with Crippen LogP contribution in [-0.4, -0.2) is 52.3 Å². The molecule has 1 fully saturated rings. The maximum absolute atomic E-state index is 11.9.